The smallest absolute Gasteiger partial charge is 0.130 e. The topological polar surface area (TPSA) is 29.1 Å². The van der Waals surface area contributed by atoms with Crippen molar-refractivity contribution in [3.8, 4) is 0 Å². The van der Waals surface area contributed by atoms with Crippen LogP contribution < -0.4 is 5.32 Å². The fourth-order valence-electron chi connectivity index (χ4n) is 3.27. The molecule has 2 heteroatoms. The number of aldehydes is 1. The number of hydrogen-bond acceptors (Lipinski definition) is 2. The molecule has 0 amide bonds. The molecule has 1 aromatic rings. The Morgan fingerprint density at radius 2 is 1.65 bits per heavy atom. The van der Waals surface area contributed by atoms with Crippen LogP contribution in [-0.2, 0) is 10.2 Å². The Bertz CT molecular complexity index is 408. The summed E-state index contributed by atoms with van der Waals surface area (Å²) in [6.45, 7) is 8.24. The summed E-state index contributed by atoms with van der Waals surface area (Å²) in [5.41, 5.74) is 4.80. The predicted molar refractivity (Wildman–Crippen MR) is 70.5 cm³/mol. The van der Waals surface area contributed by atoms with Gasteiger partial charge in [0.05, 0.1) is 5.41 Å². The van der Waals surface area contributed by atoms with Crippen LogP contribution in [0.5, 0.6) is 0 Å². The molecule has 1 N–H and O–H groups in total. The van der Waals surface area contributed by atoms with Crippen molar-refractivity contribution in [2.24, 2.45) is 0 Å². The maximum absolute atomic E-state index is 11.6. The summed E-state index contributed by atoms with van der Waals surface area (Å²) in [5.74, 6) is 0. The lowest BCUT2D eigenvalue weighted by Gasteiger charge is -2.35. The molecule has 92 valence electrons. The van der Waals surface area contributed by atoms with Gasteiger partial charge in [-0.1, -0.05) is 17.7 Å². The van der Waals surface area contributed by atoms with Gasteiger partial charge in [0.1, 0.15) is 6.29 Å². The maximum Gasteiger partial charge on any atom is 0.130 e. The SMILES string of the molecule is Cc1cc(C)c(C2(C=O)CCNCC2)c(C)c1. The average molecular weight is 231 g/mol. The molecule has 2 rings (SSSR count). The molecule has 1 aromatic carbocycles. The molecule has 1 aliphatic rings. The van der Waals surface area contributed by atoms with E-state index in [1.54, 1.807) is 0 Å². The first-order valence-electron chi connectivity index (χ1n) is 6.34. The standard InChI is InChI=1S/C15H21NO/c1-11-8-12(2)14(13(3)9-11)15(10-17)4-6-16-7-5-15/h8-10,16H,4-7H2,1-3H3. The molecule has 1 saturated heterocycles. The molecule has 0 radical (unpaired) electrons. The number of carbonyl (C=O) groups excluding carboxylic acids is 1. The summed E-state index contributed by atoms with van der Waals surface area (Å²) < 4.78 is 0. The van der Waals surface area contributed by atoms with Crippen molar-refractivity contribution < 1.29 is 4.79 Å². The Hall–Kier alpha value is -1.15. The van der Waals surface area contributed by atoms with Gasteiger partial charge in [0, 0.05) is 0 Å². The summed E-state index contributed by atoms with van der Waals surface area (Å²) in [6.07, 6.45) is 3.01. The van der Waals surface area contributed by atoms with Crippen LogP contribution in [0.25, 0.3) is 0 Å². The van der Waals surface area contributed by atoms with E-state index in [-0.39, 0.29) is 5.41 Å². The zero-order valence-corrected chi connectivity index (χ0v) is 11.0. The van der Waals surface area contributed by atoms with E-state index in [0.29, 0.717) is 0 Å². The first kappa shape index (κ1) is 12.3. The van der Waals surface area contributed by atoms with E-state index in [4.69, 9.17) is 0 Å². The second kappa shape index (κ2) is 4.61. The van der Waals surface area contributed by atoms with Crippen LogP contribution in [0.3, 0.4) is 0 Å². The highest BCUT2D eigenvalue weighted by Crippen LogP contribution is 2.36. The Morgan fingerprint density at radius 1 is 1.12 bits per heavy atom. The van der Waals surface area contributed by atoms with Gasteiger partial charge >= 0.3 is 0 Å². The summed E-state index contributed by atoms with van der Waals surface area (Å²) in [6, 6.07) is 4.38. The normalized spacial score (nSPS) is 19.0. The third-order valence-corrected chi connectivity index (χ3v) is 3.90. The molecule has 0 saturated carbocycles. The van der Waals surface area contributed by atoms with E-state index in [2.05, 4.69) is 38.2 Å². The van der Waals surface area contributed by atoms with Gasteiger partial charge in [-0.2, -0.15) is 0 Å². The zero-order chi connectivity index (χ0) is 12.5. The van der Waals surface area contributed by atoms with Crippen LogP contribution in [0.15, 0.2) is 12.1 Å². The number of rotatable bonds is 2. The molecular formula is C15H21NO. The summed E-state index contributed by atoms with van der Waals surface area (Å²) >= 11 is 0. The average Bonchev–Trinajstić information content (AvgIpc) is 2.28. The van der Waals surface area contributed by atoms with Crippen LogP contribution in [0.1, 0.15) is 35.1 Å². The molecule has 1 fully saturated rings. The number of hydrogen-bond donors (Lipinski definition) is 1. The molecular weight excluding hydrogens is 210 g/mol. The molecule has 0 atom stereocenters. The Morgan fingerprint density at radius 3 is 2.12 bits per heavy atom. The van der Waals surface area contributed by atoms with Crippen LogP contribution in [-0.4, -0.2) is 19.4 Å². The van der Waals surface area contributed by atoms with E-state index < -0.39 is 0 Å². The highest BCUT2D eigenvalue weighted by molar-refractivity contribution is 5.71. The maximum atomic E-state index is 11.6. The molecule has 2 nitrogen and oxygen atoms in total. The molecule has 0 aliphatic carbocycles. The van der Waals surface area contributed by atoms with Crippen molar-refractivity contribution >= 4 is 6.29 Å². The van der Waals surface area contributed by atoms with Gasteiger partial charge in [-0.05, 0) is 63.4 Å². The highest BCUT2D eigenvalue weighted by atomic mass is 16.1. The fourth-order valence-corrected chi connectivity index (χ4v) is 3.27. The van der Waals surface area contributed by atoms with Crippen molar-refractivity contribution in [3.63, 3.8) is 0 Å². The number of piperidine rings is 1. The molecule has 1 aliphatic heterocycles. The third kappa shape index (κ3) is 2.14. The van der Waals surface area contributed by atoms with E-state index in [1.807, 2.05) is 0 Å². The van der Waals surface area contributed by atoms with Crippen LogP contribution >= 0.6 is 0 Å². The summed E-state index contributed by atoms with van der Waals surface area (Å²) in [4.78, 5) is 11.6. The first-order valence-corrected chi connectivity index (χ1v) is 6.34. The van der Waals surface area contributed by atoms with Crippen molar-refractivity contribution in [2.45, 2.75) is 39.0 Å². The highest BCUT2D eigenvalue weighted by Gasteiger charge is 2.35. The van der Waals surface area contributed by atoms with Gasteiger partial charge < -0.3 is 10.1 Å². The number of carbonyl (C=O) groups is 1. The number of benzene rings is 1. The Kier molecular flexibility index (Phi) is 3.34. The quantitative estimate of drug-likeness (QED) is 0.792. The van der Waals surface area contributed by atoms with E-state index in [9.17, 15) is 4.79 Å². The van der Waals surface area contributed by atoms with E-state index >= 15 is 0 Å². The van der Waals surface area contributed by atoms with E-state index in [1.165, 1.54) is 28.5 Å². The lowest BCUT2D eigenvalue weighted by atomic mass is 9.71. The van der Waals surface area contributed by atoms with Crippen molar-refractivity contribution in [1.29, 1.82) is 0 Å². The summed E-state index contributed by atoms with van der Waals surface area (Å²) in [7, 11) is 0. The Labute approximate surface area is 103 Å². The van der Waals surface area contributed by atoms with Crippen LogP contribution in [0.2, 0.25) is 0 Å². The van der Waals surface area contributed by atoms with Gasteiger partial charge in [0.25, 0.3) is 0 Å². The van der Waals surface area contributed by atoms with Crippen LogP contribution in [0, 0.1) is 20.8 Å². The second-order valence-electron chi connectivity index (χ2n) is 5.30. The largest absolute Gasteiger partial charge is 0.317 e. The van der Waals surface area contributed by atoms with E-state index in [0.717, 1.165) is 25.9 Å². The minimum absolute atomic E-state index is 0.257. The monoisotopic (exact) mass is 231 g/mol. The molecule has 1 heterocycles. The number of nitrogens with one attached hydrogen (secondary N) is 1. The van der Waals surface area contributed by atoms with Gasteiger partial charge in [0.15, 0.2) is 0 Å². The predicted octanol–water partition coefficient (Wildman–Crippen LogP) is 2.43. The molecule has 0 aromatic heterocycles. The van der Waals surface area contributed by atoms with Gasteiger partial charge in [-0.3, -0.25) is 0 Å². The minimum Gasteiger partial charge on any atom is -0.317 e. The van der Waals surface area contributed by atoms with Gasteiger partial charge in [0.2, 0.25) is 0 Å². The first-order chi connectivity index (χ1) is 8.09. The van der Waals surface area contributed by atoms with Crippen LogP contribution in [0.4, 0.5) is 0 Å². The molecule has 0 unspecified atom stereocenters. The Balaban J connectivity index is 2.53. The van der Waals surface area contributed by atoms with Crippen molar-refractivity contribution in [2.75, 3.05) is 13.1 Å². The van der Waals surface area contributed by atoms with Crippen molar-refractivity contribution in [3.05, 3.63) is 34.4 Å². The summed E-state index contributed by atoms with van der Waals surface area (Å²) in [5, 5.41) is 3.33. The minimum atomic E-state index is -0.257. The third-order valence-electron chi connectivity index (χ3n) is 3.90. The molecule has 0 bridgehead atoms. The molecule has 0 spiro atoms. The molecule has 17 heavy (non-hydrogen) atoms. The van der Waals surface area contributed by atoms with Gasteiger partial charge in [-0.15, -0.1) is 0 Å². The zero-order valence-electron chi connectivity index (χ0n) is 11.0. The lowest BCUT2D eigenvalue weighted by molar-refractivity contribution is -0.113. The van der Waals surface area contributed by atoms with Gasteiger partial charge in [-0.25, -0.2) is 0 Å². The number of aryl methyl sites for hydroxylation is 3. The second-order valence-corrected chi connectivity index (χ2v) is 5.30. The fraction of sp³-hybridized carbons (Fsp3) is 0.533. The van der Waals surface area contributed by atoms with Crippen molar-refractivity contribution in [1.82, 2.24) is 5.32 Å². The lowest BCUT2D eigenvalue weighted by Crippen LogP contribution is -2.42.